The molecule has 0 bridgehead atoms. The Kier molecular flexibility index (Phi) is 2.78. The lowest BCUT2D eigenvalue weighted by molar-refractivity contribution is -0.00160. The molecule has 1 N–H and O–H groups in total. The second-order valence-electron chi connectivity index (χ2n) is 3.82. The van der Waals surface area contributed by atoms with E-state index in [1.54, 1.807) is 6.92 Å². The first kappa shape index (κ1) is 10.9. The zero-order chi connectivity index (χ0) is 11.7. The van der Waals surface area contributed by atoms with Crippen molar-refractivity contribution in [3.8, 4) is 0 Å². The predicted molar refractivity (Wildman–Crippen MR) is 55.2 cm³/mol. The van der Waals surface area contributed by atoms with E-state index < -0.39 is 5.97 Å². The highest BCUT2D eigenvalue weighted by atomic mass is 16.5. The van der Waals surface area contributed by atoms with Crippen molar-refractivity contribution in [1.29, 1.82) is 0 Å². The van der Waals surface area contributed by atoms with Crippen LogP contribution in [0.1, 0.15) is 41.3 Å². The predicted octanol–water partition coefficient (Wildman–Crippen LogP) is 2.09. The Morgan fingerprint density at radius 2 is 2.38 bits per heavy atom. The summed E-state index contributed by atoms with van der Waals surface area (Å²) in [5, 5.41) is 12.4. The fourth-order valence-corrected chi connectivity index (χ4v) is 1.77. The summed E-state index contributed by atoms with van der Waals surface area (Å²) in [6, 6.07) is 0. The van der Waals surface area contributed by atoms with Crippen LogP contribution in [0.4, 0.5) is 0 Å². The Labute approximate surface area is 92.7 Å². The summed E-state index contributed by atoms with van der Waals surface area (Å²) in [6.07, 6.45) is 4.41. The quantitative estimate of drug-likeness (QED) is 0.777. The minimum absolute atomic E-state index is 0.0107. The van der Waals surface area contributed by atoms with E-state index in [0.29, 0.717) is 17.7 Å². The molecule has 2 atom stereocenters. The molecule has 0 aliphatic carbocycles. The molecule has 5 nitrogen and oxygen atoms in total. The molecule has 1 aromatic rings. The molecule has 1 aliphatic heterocycles. The van der Waals surface area contributed by atoms with E-state index in [1.807, 2.05) is 19.1 Å². The number of carbonyl (C=O) groups is 1. The number of ether oxygens (including phenoxy) is 1. The van der Waals surface area contributed by atoms with Gasteiger partial charge < -0.3 is 14.4 Å². The molecule has 5 heteroatoms. The Morgan fingerprint density at radius 3 is 2.94 bits per heavy atom. The van der Waals surface area contributed by atoms with Gasteiger partial charge in [-0.05, 0) is 20.3 Å². The highest BCUT2D eigenvalue weighted by molar-refractivity contribution is 5.87. The van der Waals surface area contributed by atoms with E-state index in [-0.39, 0.29) is 17.9 Å². The maximum absolute atomic E-state index is 10.8. The largest absolute Gasteiger partial charge is 0.476 e. The van der Waals surface area contributed by atoms with Crippen molar-refractivity contribution in [2.24, 2.45) is 0 Å². The van der Waals surface area contributed by atoms with Crippen molar-refractivity contribution in [2.75, 3.05) is 0 Å². The molecule has 0 fully saturated rings. The van der Waals surface area contributed by atoms with Crippen molar-refractivity contribution in [3.63, 3.8) is 0 Å². The number of aromatic nitrogens is 1. The van der Waals surface area contributed by atoms with Crippen molar-refractivity contribution in [1.82, 2.24) is 5.16 Å². The molecule has 0 spiro atoms. The van der Waals surface area contributed by atoms with Crippen LogP contribution in [-0.2, 0) is 4.74 Å². The topological polar surface area (TPSA) is 72.6 Å². The van der Waals surface area contributed by atoms with Crippen molar-refractivity contribution in [2.45, 2.75) is 32.5 Å². The van der Waals surface area contributed by atoms with Gasteiger partial charge in [-0.25, -0.2) is 4.79 Å². The average Bonchev–Trinajstić information content (AvgIpc) is 2.60. The van der Waals surface area contributed by atoms with Crippen LogP contribution in [0.25, 0.3) is 0 Å². The summed E-state index contributed by atoms with van der Waals surface area (Å²) in [4.78, 5) is 10.8. The standard InChI is InChI=1S/C11H13NO4/c1-6-4-3-5-8(15-6)10-7(2)9(11(13)14)12-16-10/h3-4,6,8H,5H2,1-2H3,(H,13,14)/t6-,8-/m0/s1. The SMILES string of the molecule is Cc1c(C(=O)O)noc1[C@@H]1CC=C[C@H](C)O1. The number of nitrogens with zero attached hydrogens (tertiary/aromatic N) is 1. The second kappa shape index (κ2) is 4.09. The monoisotopic (exact) mass is 223 g/mol. The van der Waals surface area contributed by atoms with Gasteiger partial charge in [0.1, 0.15) is 6.10 Å². The van der Waals surface area contributed by atoms with Gasteiger partial charge in [0.05, 0.1) is 6.10 Å². The Morgan fingerprint density at radius 1 is 1.62 bits per heavy atom. The maximum atomic E-state index is 10.8. The number of carboxylic acids is 1. The summed E-state index contributed by atoms with van der Waals surface area (Å²) in [7, 11) is 0. The fraction of sp³-hybridized carbons (Fsp3) is 0.455. The molecule has 2 rings (SSSR count). The van der Waals surface area contributed by atoms with Gasteiger partial charge in [-0.3, -0.25) is 0 Å². The molecule has 0 aromatic carbocycles. The van der Waals surface area contributed by atoms with E-state index >= 15 is 0 Å². The smallest absolute Gasteiger partial charge is 0.358 e. The normalized spacial score (nSPS) is 24.6. The molecule has 16 heavy (non-hydrogen) atoms. The Hall–Kier alpha value is -1.62. The fourth-order valence-electron chi connectivity index (χ4n) is 1.77. The van der Waals surface area contributed by atoms with Gasteiger partial charge in [0.2, 0.25) is 0 Å². The van der Waals surface area contributed by atoms with Crippen LogP contribution in [0.5, 0.6) is 0 Å². The third-order valence-electron chi connectivity index (χ3n) is 2.59. The summed E-state index contributed by atoms with van der Waals surface area (Å²) in [5.74, 6) is -0.569. The van der Waals surface area contributed by atoms with Crippen LogP contribution in [0.2, 0.25) is 0 Å². The van der Waals surface area contributed by atoms with Crippen LogP contribution >= 0.6 is 0 Å². The third-order valence-corrected chi connectivity index (χ3v) is 2.59. The maximum Gasteiger partial charge on any atom is 0.358 e. The molecular formula is C11H13NO4. The molecule has 0 saturated heterocycles. The van der Waals surface area contributed by atoms with Gasteiger partial charge in [-0.1, -0.05) is 17.3 Å². The molecule has 1 aromatic heterocycles. The highest BCUT2D eigenvalue weighted by Crippen LogP contribution is 2.30. The van der Waals surface area contributed by atoms with Gasteiger partial charge in [0, 0.05) is 5.56 Å². The molecule has 0 radical (unpaired) electrons. The molecule has 1 aliphatic rings. The van der Waals surface area contributed by atoms with Crippen molar-refractivity contribution < 1.29 is 19.2 Å². The van der Waals surface area contributed by atoms with E-state index in [0.717, 1.165) is 0 Å². The number of hydrogen-bond acceptors (Lipinski definition) is 4. The second-order valence-corrected chi connectivity index (χ2v) is 3.82. The van der Waals surface area contributed by atoms with E-state index in [9.17, 15) is 4.79 Å². The summed E-state index contributed by atoms with van der Waals surface area (Å²) in [5.41, 5.74) is 0.501. The first-order valence-electron chi connectivity index (χ1n) is 5.11. The highest BCUT2D eigenvalue weighted by Gasteiger charge is 2.26. The summed E-state index contributed by atoms with van der Waals surface area (Å²) < 4.78 is 10.7. The molecule has 86 valence electrons. The van der Waals surface area contributed by atoms with Crippen LogP contribution in [-0.4, -0.2) is 22.3 Å². The van der Waals surface area contributed by atoms with Gasteiger partial charge in [-0.2, -0.15) is 0 Å². The molecule has 0 saturated carbocycles. The summed E-state index contributed by atoms with van der Waals surface area (Å²) in [6.45, 7) is 3.61. The van der Waals surface area contributed by atoms with Crippen LogP contribution in [0, 0.1) is 6.92 Å². The zero-order valence-electron chi connectivity index (χ0n) is 9.14. The lowest BCUT2D eigenvalue weighted by Crippen LogP contribution is -2.15. The Balaban J connectivity index is 2.28. The molecule has 0 unspecified atom stereocenters. The third kappa shape index (κ3) is 1.86. The molecule has 0 amide bonds. The van der Waals surface area contributed by atoms with E-state index in [4.69, 9.17) is 14.4 Å². The van der Waals surface area contributed by atoms with Gasteiger partial charge in [0.15, 0.2) is 11.5 Å². The van der Waals surface area contributed by atoms with Crippen LogP contribution in [0.15, 0.2) is 16.7 Å². The van der Waals surface area contributed by atoms with Crippen LogP contribution in [0.3, 0.4) is 0 Å². The minimum atomic E-state index is -1.08. The zero-order valence-corrected chi connectivity index (χ0v) is 9.14. The molecule has 2 heterocycles. The number of hydrogen-bond donors (Lipinski definition) is 1. The molecular weight excluding hydrogens is 210 g/mol. The number of rotatable bonds is 2. The average molecular weight is 223 g/mol. The lowest BCUT2D eigenvalue weighted by Gasteiger charge is -2.21. The first-order chi connectivity index (χ1) is 7.59. The van der Waals surface area contributed by atoms with Gasteiger partial charge in [0.25, 0.3) is 0 Å². The van der Waals surface area contributed by atoms with Crippen molar-refractivity contribution in [3.05, 3.63) is 29.2 Å². The summed E-state index contributed by atoms with van der Waals surface area (Å²) >= 11 is 0. The number of aromatic carboxylic acids is 1. The minimum Gasteiger partial charge on any atom is -0.476 e. The van der Waals surface area contributed by atoms with Crippen molar-refractivity contribution >= 4 is 5.97 Å². The number of carboxylic acid groups (broad SMARTS) is 1. The van der Waals surface area contributed by atoms with Gasteiger partial charge in [-0.15, -0.1) is 0 Å². The van der Waals surface area contributed by atoms with E-state index in [2.05, 4.69) is 5.16 Å². The first-order valence-corrected chi connectivity index (χ1v) is 5.11. The van der Waals surface area contributed by atoms with Gasteiger partial charge >= 0.3 is 5.97 Å². The Bertz CT molecular complexity index is 435. The van der Waals surface area contributed by atoms with E-state index in [1.165, 1.54) is 0 Å². The van der Waals surface area contributed by atoms with Crippen LogP contribution < -0.4 is 0 Å². The lowest BCUT2D eigenvalue weighted by atomic mass is 10.1.